The van der Waals surface area contributed by atoms with Gasteiger partial charge in [-0.2, -0.15) is 10.4 Å². The number of rotatable bonds is 2. The second-order valence-electron chi connectivity index (χ2n) is 2.93. The number of aromatic nitrogens is 4. The largest absolute Gasteiger partial charge is 0.325 e. The van der Waals surface area contributed by atoms with E-state index >= 15 is 0 Å². The van der Waals surface area contributed by atoms with Gasteiger partial charge in [0.25, 0.3) is 0 Å². The highest BCUT2D eigenvalue weighted by Crippen LogP contribution is 2.14. The summed E-state index contributed by atoms with van der Waals surface area (Å²) in [5, 5.41) is 18.2. The molecule has 2 N–H and O–H groups in total. The number of nitrogens with one attached hydrogen (secondary N) is 2. The van der Waals surface area contributed by atoms with Gasteiger partial charge in [-0.25, -0.2) is 9.97 Å². The molecule has 0 bridgehead atoms. The summed E-state index contributed by atoms with van der Waals surface area (Å²) in [6.45, 7) is 1.86. The van der Waals surface area contributed by atoms with E-state index in [1.165, 1.54) is 0 Å². The van der Waals surface area contributed by atoms with E-state index in [4.69, 9.17) is 5.26 Å². The number of nitrogens with zero attached hydrogens (tertiary/aromatic N) is 4. The molecular formula is C9H8N6. The summed E-state index contributed by atoms with van der Waals surface area (Å²) in [7, 11) is 0. The van der Waals surface area contributed by atoms with Gasteiger partial charge in [-0.15, -0.1) is 0 Å². The van der Waals surface area contributed by atoms with E-state index in [1.807, 2.05) is 13.0 Å². The van der Waals surface area contributed by atoms with E-state index in [9.17, 15) is 0 Å². The lowest BCUT2D eigenvalue weighted by atomic mass is 10.3. The van der Waals surface area contributed by atoms with Gasteiger partial charge >= 0.3 is 0 Å². The van der Waals surface area contributed by atoms with Crippen molar-refractivity contribution < 1.29 is 0 Å². The van der Waals surface area contributed by atoms with Crippen LogP contribution in [0.3, 0.4) is 0 Å². The monoisotopic (exact) mass is 200 g/mol. The van der Waals surface area contributed by atoms with Crippen LogP contribution in [0.4, 0.5) is 11.6 Å². The molecule has 0 aliphatic heterocycles. The van der Waals surface area contributed by atoms with Crippen molar-refractivity contribution in [3.05, 3.63) is 29.8 Å². The molecule has 6 heteroatoms. The summed E-state index contributed by atoms with van der Waals surface area (Å²) in [6, 6.07) is 3.66. The van der Waals surface area contributed by atoms with Crippen molar-refractivity contribution in [1.29, 1.82) is 5.26 Å². The van der Waals surface area contributed by atoms with Gasteiger partial charge < -0.3 is 5.32 Å². The minimum atomic E-state index is 0.141. The number of nitriles is 1. The van der Waals surface area contributed by atoms with Gasteiger partial charge in [0.2, 0.25) is 5.82 Å². The van der Waals surface area contributed by atoms with Gasteiger partial charge in [0.15, 0.2) is 0 Å². The van der Waals surface area contributed by atoms with E-state index in [0.717, 1.165) is 11.4 Å². The zero-order chi connectivity index (χ0) is 10.7. The van der Waals surface area contributed by atoms with E-state index in [-0.39, 0.29) is 5.82 Å². The average molecular weight is 200 g/mol. The molecule has 0 amide bonds. The molecule has 6 nitrogen and oxygen atoms in total. The number of aryl methyl sites for hydroxylation is 1. The predicted octanol–water partition coefficient (Wildman–Crippen LogP) is 1.12. The van der Waals surface area contributed by atoms with Crippen molar-refractivity contribution in [2.45, 2.75) is 6.92 Å². The molecule has 0 aliphatic rings. The normalized spacial score (nSPS) is 9.60. The summed E-state index contributed by atoms with van der Waals surface area (Å²) < 4.78 is 0. The lowest BCUT2D eigenvalue weighted by molar-refractivity contribution is 1.06. The van der Waals surface area contributed by atoms with Crippen LogP contribution in [0.5, 0.6) is 0 Å². The third-order valence-electron chi connectivity index (χ3n) is 1.83. The molecule has 2 aromatic rings. The fraction of sp³-hybridized carbons (Fsp3) is 0.111. The molecule has 2 rings (SSSR count). The van der Waals surface area contributed by atoms with Crippen LogP contribution in [-0.2, 0) is 0 Å². The first-order valence-electron chi connectivity index (χ1n) is 4.30. The molecule has 0 fully saturated rings. The second-order valence-corrected chi connectivity index (χ2v) is 2.93. The second kappa shape index (κ2) is 3.75. The SMILES string of the molecule is Cc1cnc(C#N)nc1Nc1ccn[nH]1. The Morgan fingerprint density at radius 1 is 1.53 bits per heavy atom. The van der Waals surface area contributed by atoms with Gasteiger partial charge in [-0.3, -0.25) is 5.10 Å². The maximum absolute atomic E-state index is 8.66. The van der Waals surface area contributed by atoms with Gasteiger partial charge in [-0.1, -0.05) is 0 Å². The van der Waals surface area contributed by atoms with Crippen LogP contribution >= 0.6 is 0 Å². The van der Waals surface area contributed by atoms with Crippen LogP contribution in [0, 0.1) is 18.3 Å². The van der Waals surface area contributed by atoms with Crippen molar-refractivity contribution in [2.24, 2.45) is 0 Å². The van der Waals surface area contributed by atoms with Gasteiger partial charge in [0, 0.05) is 17.8 Å². The summed E-state index contributed by atoms with van der Waals surface area (Å²) in [6.07, 6.45) is 3.23. The fourth-order valence-corrected chi connectivity index (χ4v) is 1.08. The molecule has 0 radical (unpaired) electrons. The Morgan fingerprint density at radius 2 is 2.40 bits per heavy atom. The molecule has 0 spiro atoms. The Kier molecular flexibility index (Phi) is 2.29. The average Bonchev–Trinajstić information content (AvgIpc) is 2.74. The highest BCUT2D eigenvalue weighted by Gasteiger charge is 2.03. The van der Waals surface area contributed by atoms with Crippen molar-refractivity contribution in [3.8, 4) is 6.07 Å². The first-order valence-corrected chi connectivity index (χ1v) is 4.30. The lowest BCUT2D eigenvalue weighted by Gasteiger charge is -2.05. The first-order chi connectivity index (χ1) is 7.29. The molecular weight excluding hydrogens is 192 g/mol. The zero-order valence-corrected chi connectivity index (χ0v) is 8.02. The predicted molar refractivity (Wildman–Crippen MR) is 53.4 cm³/mol. The van der Waals surface area contributed by atoms with Crippen LogP contribution in [0.2, 0.25) is 0 Å². The number of anilines is 2. The third-order valence-corrected chi connectivity index (χ3v) is 1.83. The molecule has 2 heterocycles. The van der Waals surface area contributed by atoms with Crippen molar-refractivity contribution in [2.75, 3.05) is 5.32 Å². The first kappa shape index (κ1) is 9.15. The van der Waals surface area contributed by atoms with E-state index < -0.39 is 0 Å². The molecule has 0 aromatic carbocycles. The Bertz CT molecular complexity index is 496. The van der Waals surface area contributed by atoms with Gasteiger partial charge in [-0.05, 0) is 6.92 Å². The lowest BCUT2D eigenvalue weighted by Crippen LogP contribution is -2.00. The van der Waals surface area contributed by atoms with Crippen LogP contribution in [-0.4, -0.2) is 20.2 Å². The smallest absolute Gasteiger partial charge is 0.234 e. The molecule has 15 heavy (non-hydrogen) atoms. The van der Waals surface area contributed by atoms with Crippen LogP contribution in [0.15, 0.2) is 18.5 Å². The van der Waals surface area contributed by atoms with Crippen LogP contribution in [0.25, 0.3) is 0 Å². The van der Waals surface area contributed by atoms with Crippen molar-refractivity contribution >= 4 is 11.6 Å². The Labute approximate surface area is 86.0 Å². The van der Waals surface area contributed by atoms with E-state index in [2.05, 4.69) is 25.5 Å². The van der Waals surface area contributed by atoms with Crippen molar-refractivity contribution in [3.63, 3.8) is 0 Å². The van der Waals surface area contributed by atoms with E-state index in [1.54, 1.807) is 18.5 Å². The summed E-state index contributed by atoms with van der Waals surface area (Å²) in [4.78, 5) is 7.88. The maximum Gasteiger partial charge on any atom is 0.234 e. The van der Waals surface area contributed by atoms with Gasteiger partial charge in [0.1, 0.15) is 17.7 Å². The van der Waals surface area contributed by atoms with Gasteiger partial charge in [0.05, 0.1) is 6.20 Å². The van der Waals surface area contributed by atoms with Crippen molar-refractivity contribution in [1.82, 2.24) is 20.2 Å². The summed E-state index contributed by atoms with van der Waals surface area (Å²) >= 11 is 0. The number of hydrogen-bond acceptors (Lipinski definition) is 5. The molecule has 0 saturated heterocycles. The minimum Gasteiger partial charge on any atom is -0.325 e. The number of aromatic amines is 1. The topological polar surface area (TPSA) is 90.3 Å². The van der Waals surface area contributed by atoms with Crippen LogP contribution in [0.1, 0.15) is 11.4 Å². The molecule has 2 aromatic heterocycles. The third kappa shape index (κ3) is 1.91. The molecule has 0 atom stereocenters. The Morgan fingerprint density at radius 3 is 3.07 bits per heavy atom. The number of H-pyrrole nitrogens is 1. The molecule has 0 unspecified atom stereocenters. The van der Waals surface area contributed by atoms with Crippen LogP contribution < -0.4 is 5.32 Å². The zero-order valence-electron chi connectivity index (χ0n) is 8.02. The fourth-order valence-electron chi connectivity index (χ4n) is 1.08. The highest BCUT2D eigenvalue weighted by atomic mass is 15.2. The minimum absolute atomic E-state index is 0.141. The summed E-state index contributed by atoms with van der Waals surface area (Å²) in [5.74, 6) is 1.47. The Hall–Kier alpha value is -2.42. The standard InChI is InChI=1S/C9H8N6/c1-6-5-11-8(4-10)14-9(6)13-7-2-3-12-15-7/h2-3,5H,1H3,(H2,11,12,13,14,15). The quantitative estimate of drug-likeness (QED) is 0.758. The highest BCUT2D eigenvalue weighted by molar-refractivity contribution is 5.54. The summed E-state index contributed by atoms with van der Waals surface area (Å²) in [5.41, 5.74) is 0.864. The molecule has 0 aliphatic carbocycles. The maximum atomic E-state index is 8.66. The van der Waals surface area contributed by atoms with E-state index in [0.29, 0.717) is 5.82 Å². The molecule has 0 saturated carbocycles. The number of hydrogen-bond donors (Lipinski definition) is 2. The molecule has 74 valence electrons. The Balaban J connectivity index is 2.32.